The SMILES string of the molecule is Cc1cc(C)cc(C(=O)C=Cc2nc[nH]c2C)c1. The fourth-order valence-corrected chi connectivity index (χ4v) is 1.91. The predicted molar refractivity (Wildman–Crippen MR) is 72.6 cm³/mol. The Kier molecular flexibility index (Phi) is 3.42. The zero-order valence-electron chi connectivity index (χ0n) is 10.8. The lowest BCUT2D eigenvalue weighted by Crippen LogP contribution is -1.96. The third-order valence-corrected chi connectivity index (χ3v) is 2.77. The lowest BCUT2D eigenvalue weighted by atomic mass is 10.0. The van der Waals surface area contributed by atoms with Gasteiger partial charge in [-0.3, -0.25) is 4.79 Å². The van der Waals surface area contributed by atoms with E-state index in [0.717, 1.165) is 28.1 Å². The molecule has 2 aromatic rings. The maximum absolute atomic E-state index is 12.0. The number of rotatable bonds is 3. The van der Waals surface area contributed by atoms with Gasteiger partial charge in [0.2, 0.25) is 0 Å². The first kappa shape index (κ1) is 12.3. The van der Waals surface area contributed by atoms with Crippen LogP contribution in [-0.4, -0.2) is 15.8 Å². The maximum atomic E-state index is 12.0. The number of carbonyl (C=O) groups is 1. The van der Waals surface area contributed by atoms with Crippen LogP contribution in [0.1, 0.15) is 32.9 Å². The minimum Gasteiger partial charge on any atom is -0.348 e. The third kappa shape index (κ3) is 2.74. The van der Waals surface area contributed by atoms with Crippen molar-refractivity contribution in [3.63, 3.8) is 0 Å². The summed E-state index contributed by atoms with van der Waals surface area (Å²) in [6.07, 6.45) is 4.93. The van der Waals surface area contributed by atoms with Gasteiger partial charge in [-0.25, -0.2) is 4.98 Å². The number of H-pyrrole nitrogens is 1. The number of ketones is 1. The van der Waals surface area contributed by atoms with Crippen LogP contribution in [0.15, 0.2) is 30.6 Å². The Labute approximate surface area is 107 Å². The van der Waals surface area contributed by atoms with Gasteiger partial charge >= 0.3 is 0 Å². The van der Waals surface area contributed by atoms with Crippen molar-refractivity contribution in [1.82, 2.24) is 9.97 Å². The molecule has 0 saturated carbocycles. The predicted octanol–water partition coefficient (Wildman–Crippen LogP) is 3.23. The van der Waals surface area contributed by atoms with Gasteiger partial charge in [-0.2, -0.15) is 0 Å². The molecule has 0 aliphatic carbocycles. The largest absolute Gasteiger partial charge is 0.348 e. The molecule has 3 nitrogen and oxygen atoms in total. The topological polar surface area (TPSA) is 45.8 Å². The summed E-state index contributed by atoms with van der Waals surface area (Å²) in [5.41, 5.74) is 4.68. The highest BCUT2D eigenvalue weighted by molar-refractivity contribution is 6.06. The number of aromatic nitrogens is 2. The monoisotopic (exact) mass is 240 g/mol. The van der Waals surface area contributed by atoms with Crippen LogP contribution in [0.5, 0.6) is 0 Å². The van der Waals surface area contributed by atoms with E-state index in [9.17, 15) is 4.79 Å². The number of hydrogen-bond acceptors (Lipinski definition) is 2. The van der Waals surface area contributed by atoms with E-state index in [4.69, 9.17) is 0 Å². The van der Waals surface area contributed by atoms with E-state index in [1.54, 1.807) is 18.5 Å². The number of allylic oxidation sites excluding steroid dienone is 1. The van der Waals surface area contributed by atoms with Crippen molar-refractivity contribution in [1.29, 1.82) is 0 Å². The molecule has 2 rings (SSSR count). The van der Waals surface area contributed by atoms with Gasteiger partial charge in [0.25, 0.3) is 0 Å². The molecule has 18 heavy (non-hydrogen) atoms. The van der Waals surface area contributed by atoms with Crippen molar-refractivity contribution in [2.24, 2.45) is 0 Å². The first-order chi connectivity index (χ1) is 8.56. The molecule has 0 fully saturated rings. The van der Waals surface area contributed by atoms with E-state index < -0.39 is 0 Å². The Morgan fingerprint density at radius 1 is 1.17 bits per heavy atom. The van der Waals surface area contributed by atoms with E-state index in [1.807, 2.05) is 32.9 Å². The Bertz CT molecular complexity index is 588. The van der Waals surface area contributed by atoms with Crippen LogP contribution in [0.4, 0.5) is 0 Å². The standard InChI is InChI=1S/C15H16N2O/c1-10-6-11(2)8-13(7-10)15(18)5-4-14-12(3)16-9-17-14/h4-9H,1-3H3,(H,16,17). The van der Waals surface area contributed by atoms with Crippen LogP contribution < -0.4 is 0 Å². The Morgan fingerprint density at radius 3 is 2.39 bits per heavy atom. The van der Waals surface area contributed by atoms with Crippen LogP contribution in [0, 0.1) is 20.8 Å². The van der Waals surface area contributed by atoms with Gasteiger partial charge in [0, 0.05) is 11.3 Å². The highest BCUT2D eigenvalue weighted by Crippen LogP contribution is 2.11. The fourth-order valence-electron chi connectivity index (χ4n) is 1.91. The second-order valence-corrected chi connectivity index (χ2v) is 4.49. The second kappa shape index (κ2) is 5.00. The third-order valence-electron chi connectivity index (χ3n) is 2.77. The number of aromatic amines is 1. The van der Waals surface area contributed by atoms with Crippen molar-refractivity contribution >= 4 is 11.9 Å². The van der Waals surface area contributed by atoms with Crippen molar-refractivity contribution in [2.75, 3.05) is 0 Å². The van der Waals surface area contributed by atoms with Crippen LogP contribution >= 0.6 is 0 Å². The average molecular weight is 240 g/mol. The highest BCUT2D eigenvalue weighted by Gasteiger charge is 2.04. The number of aryl methyl sites for hydroxylation is 3. The number of carbonyl (C=O) groups excluding carboxylic acids is 1. The van der Waals surface area contributed by atoms with Crippen molar-refractivity contribution in [2.45, 2.75) is 20.8 Å². The van der Waals surface area contributed by atoms with Crippen molar-refractivity contribution < 1.29 is 4.79 Å². The second-order valence-electron chi connectivity index (χ2n) is 4.49. The number of nitrogens with one attached hydrogen (secondary N) is 1. The van der Waals surface area contributed by atoms with E-state index in [1.165, 1.54) is 0 Å². The molecule has 92 valence electrons. The summed E-state index contributed by atoms with van der Waals surface area (Å²) in [5, 5.41) is 0. The van der Waals surface area contributed by atoms with E-state index >= 15 is 0 Å². The summed E-state index contributed by atoms with van der Waals surface area (Å²) in [4.78, 5) is 19.1. The van der Waals surface area contributed by atoms with Crippen molar-refractivity contribution in [3.8, 4) is 0 Å². The van der Waals surface area contributed by atoms with Crippen LogP contribution in [0.3, 0.4) is 0 Å². The van der Waals surface area contributed by atoms with Gasteiger partial charge in [-0.05, 0) is 45.1 Å². The molecule has 1 N–H and O–H groups in total. The zero-order valence-corrected chi connectivity index (χ0v) is 10.8. The summed E-state index contributed by atoms with van der Waals surface area (Å²) in [5.74, 6) is 0.00389. The molecular weight excluding hydrogens is 224 g/mol. The first-order valence-electron chi connectivity index (χ1n) is 5.87. The lowest BCUT2D eigenvalue weighted by Gasteiger charge is -2.01. The molecular formula is C15H16N2O. The number of hydrogen-bond donors (Lipinski definition) is 1. The van der Waals surface area contributed by atoms with E-state index in [2.05, 4.69) is 16.0 Å². The normalized spacial score (nSPS) is 11.1. The molecule has 0 saturated heterocycles. The molecule has 0 spiro atoms. The quantitative estimate of drug-likeness (QED) is 0.661. The summed E-state index contributed by atoms with van der Waals surface area (Å²) in [6, 6.07) is 5.85. The molecule has 1 aromatic carbocycles. The first-order valence-corrected chi connectivity index (χ1v) is 5.87. The molecule has 3 heteroatoms. The minimum atomic E-state index is 0.00389. The molecule has 0 unspecified atom stereocenters. The van der Waals surface area contributed by atoms with Gasteiger partial charge in [-0.1, -0.05) is 17.2 Å². The Morgan fingerprint density at radius 2 is 1.83 bits per heavy atom. The van der Waals surface area contributed by atoms with Crippen LogP contribution in [0.2, 0.25) is 0 Å². The van der Waals surface area contributed by atoms with Crippen LogP contribution in [0.25, 0.3) is 6.08 Å². The Hall–Kier alpha value is -2.16. The molecule has 1 heterocycles. The minimum absolute atomic E-state index is 0.00389. The van der Waals surface area contributed by atoms with E-state index in [-0.39, 0.29) is 5.78 Å². The van der Waals surface area contributed by atoms with Crippen LogP contribution in [-0.2, 0) is 0 Å². The zero-order chi connectivity index (χ0) is 13.1. The van der Waals surface area contributed by atoms with Crippen molar-refractivity contribution in [3.05, 3.63) is 58.7 Å². The maximum Gasteiger partial charge on any atom is 0.185 e. The number of imidazole rings is 1. The number of benzene rings is 1. The molecule has 0 radical (unpaired) electrons. The molecule has 0 aliphatic heterocycles. The smallest absolute Gasteiger partial charge is 0.185 e. The molecule has 0 bridgehead atoms. The summed E-state index contributed by atoms with van der Waals surface area (Å²) in [7, 11) is 0. The highest BCUT2D eigenvalue weighted by atomic mass is 16.1. The van der Waals surface area contributed by atoms with Gasteiger partial charge < -0.3 is 4.98 Å². The summed E-state index contributed by atoms with van der Waals surface area (Å²) < 4.78 is 0. The van der Waals surface area contributed by atoms with Gasteiger partial charge in [0.05, 0.1) is 12.0 Å². The molecule has 0 atom stereocenters. The fraction of sp³-hybridized carbons (Fsp3) is 0.200. The van der Waals surface area contributed by atoms with E-state index in [0.29, 0.717) is 0 Å². The molecule has 0 aliphatic rings. The molecule has 0 amide bonds. The summed E-state index contributed by atoms with van der Waals surface area (Å²) >= 11 is 0. The van der Waals surface area contributed by atoms with Gasteiger partial charge in [0.1, 0.15) is 0 Å². The molecule has 1 aromatic heterocycles. The average Bonchev–Trinajstić information content (AvgIpc) is 2.70. The van der Waals surface area contributed by atoms with Gasteiger partial charge in [0.15, 0.2) is 5.78 Å². The lowest BCUT2D eigenvalue weighted by molar-refractivity contribution is 0.104. The number of nitrogens with zero attached hydrogens (tertiary/aromatic N) is 1. The Balaban J connectivity index is 2.22. The van der Waals surface area contributed by atoms with Gasteiger partial charge in [-0.15, -0.1) is 0 Å². The summed E-state index contributed by atoms with van der Waals surface area (Å²) in [6.45, 7) is 5.91.